The molecule has 0 atom stereocenters. The number of hydrogen-bond donors (Lipinski definition) is 0. The number of furan rings is 1. The summed E-state index contributed by atoms with van der Waals surface area (Å²) in [6, 6.07) is 73.8. The van der Waals surface area contributed by atoms with Gasteiger partial charge in [0.15, 0.2) is 0 Å². The van der Waals surface area contributed by atoms with Crippen LogP contribution in [0.5, 0.6) is 0 Å². The van der Waals surface area contributed by atoms with Crippen LogP contribution in [0.3, 0.4) is 0 Å². The SMILES string of the molecule is [Ir+3].[c-]1cc(CCc2cc(CCc3c[c-]c(-c4ccccn4)cc3)cc(-c3ccccc3-c3c[c-]c(-c4nccc5c4oc4nc(-c6ccccc6)ccc45)cc3)c2)ccc1-c1ccccn1. The summed E-state index contributed by atoms with van der Waals surface area (Å²) in [5, 5.41) is 1.94. The van der Waals surface area contributed by atoms with Gasteiger partial charge in [0.2, 0.25) is 5.71 Å². The Morgan fingerprint density at radius 3 is 1.58 bits per heavy atom. The van der Waals surface area contributed by atoms with Crippen LogP contribution in [0.2, 0.25) is 0 Å². The molecule has 11 rings (SSSR count). The molecule has 0 saturated carbocycles. The smallest absolute Gasteiger partial charge is 0.445 e. The molecule has 11 aromatic rings. The van der Waals surface area contributed by atoms with Gasteiger partial charge in [-0.05, 0) is 76.8 Å². The number of rotatable bonds is 12. The van der Waals surface area contributed by atoms with Crippen LogP contribution in [0.15, 0.2) is 205 Å². The van der Waals surface area contributed by atoms with Gasteiger partial charge in [0.05, 0.1) is 5.69 Å². The van der Waals surface area contributed by atoms with Crippen molar-refractivity contribution in [2.24, 2.45) is 0 Å². The first kappa shape index (κ1) is 42.3. The van der Waals surface area contributed by atoms with Gasteiger partial charge in [-0.15, -0.1) is 101 Å². The summed E-state index contributed by atoms with van der Waals surface area (Å²) in [4.78, 5) is 18.7. The molecule has 5 aromatic heterocycles. The van der Waals surface area contributed by atoms with Crippen molar-refractivity contribution in [2.45, 2.75) is 25.7 Å². The van der Waals surface area contributed by atoms with Crippen LogP contribution in [-0.2, 0) is 45.8 Å². The molecule has 6 heteroatoms. The summed E-state index contributed by atoms with van der Waals surface area (Å²) < 4.78 is 6.46. The fourth-order valence-corrected chi connectivity index (χ4v) is 8.64. The molecular formula is C60H41IrN4O. The number of nitrogens with zero attached hydrogens (tertiary/aromatic N) is 4. The van der Waals surface area contributed by atoms with E-state index in [1.54, 1.807) is 0 Å². The molecule has 0 unspecified atom stereocenters. The van der Waals surface area contributed by atoms with E-state index >= 15 is 0 Å². The van der Waals surface area contributed by atoms with Gasteiger partial charge in [0.25, 0.3) is 0 Å². The molecule has 0 aliphatic carbocycles. The van der Waals surface area contributed by atoms with E-state index in [4.69, 9.17) is 14.4 Å². The molecule has 0 amide bonds. The molecular weight excluding hydrogens is 985 g/mol. The van der Waals surface area contributed by atoms with Crippen molar-refractivity contribution in [1.29, 1.82) is 0 Å². The van der Waals surface area contributed by atoms with Gasteiger partial charge >= 0.3 is 20.1 Å². The minimum absolute atomic E-state index is 0. The largest absolute Gasteiger partial charge is 3.00 e. The minimum atomic E-state index is 0. The standard InChI is InChI=1S/C60H41N4O.Ir/c1-2-10-46(11-3-1)57-33-32-54-53-34-37-63-58(59(53)65-60(54)64-57)49-30-28-45(29-31-49)51-12-4-5-13-52(51)50-39-43(18-16-41-20-24-47(25-21-41)55-14-6-8-35-61-55)38-44(40-50)19-17-42-22-26-48(27-23-42)56-15-7-9-36-62-56;/h1-15,20-24,26,28-30,32-40H,16-19H2;/q-3;+3. The summed E-state index contributed by atoms with van der Waals surface area (Å²) in [5.74, 6) is 0. The first-order valence-corrected chi connectivity index (χ1v) is 22.0. The van der Waals surface area contributed by atoms with E-state index in [0.717, 1.165) is 92.6 Å². The van der Waals surface area contributed by atoms with Crippen LogP contribution in [0.1, 0.15) is 22.3 Å². The van der Waals surface area contributed by atoms with Crippen molar-refractivity contribution < 1.29 is 24.5 Å². The van der Waals surface area contributed by atoms with E-state index in [1.165, 1.54) is 33.4 Å². The Kier molecular flexibility index (Phi) is 12.3. The van der Waals surface area contributed by atoms with Crippen molar-refractivity contribution in [2.75, 3.05) is 0 Å². The van der Waals surface area contributed by atoms with E-state index in [9.17, 15) is 0 Å². The number of aromatic nitrogens is 4. The molecule has 0 radical (unpaired) electrons. The Bertz CT molecular complexity index is 3290. The molecule has 0 aliphatic rings. The van der Waals surface area contributed by atoms with Crippen LogP contribution < -0.4 is 0 Å². The summed E-state index contributed by atoms with van der Waals surface area (Å²) in [6.07, 6.45) is 9.09. The van der Waals surface area contributed by atoms with Crippen LogP contribution >= 0.6 is 0 Å². The average molecular weight is 1030 g/mol. The fourth-order valence-electron chi connectivity index (χ4n) is 8.64. The molecule has 0 aliphatic heterocycles. The second-order valence-corrected chi connectivity index (χ2v) is 16.3. The Morgan fingerprint density at radius 2 is 0.985 bits per heavy atom. The van der Waals surface area contributed by atoms with Gasteiger partial charge in [-0.3, -0.25) is 0 Å². The third-order valence-electron chi connectivity index (χ3n) is 12.0. The van der Waals surface area contributed by atoms with Gasteiger partial charge in [-0.2, -0.15) is 0 Å². The van der Waals surface area contributed by atoms with Crippen molar-refractivity contribution in [1.82, 2.24) is 19.9 Å². The van der Waals surface area contributed by atoms with Gasteiger partial charge in [-0.1, -0.05) is 121 Å². The zero-order valence-corrected chi connectivity index (χ0v) is 38.3. The summed E-state index contributed by atoms with van der Waals surface area (Å²) in [7, 11) is 0. The van der Waals surface area contributed by atoms with E-state index in [1.807, 2.05) is 85.3 Å². The van der Waals surface area contributed by atoms with Gasteiger partial charge < -0.3 is 19.4 Å². The van der Waals surface area contributed by atoms with Crippen LogP contribution in [0.4, 0.5) is 0 Å². The van der Waals surface area contributed by atoms with Gasteiger partial charge in [-0.25, -0.2) is 4.98 Å². The van der Waals surface area contributed by atoms with Crippen molar-refractivity contribution in [3.63, 3.8) is 0 Å². The monoisotopic (exact) mass is 1030 g/mol. The maximum atomic E-state index is 6.46. The van der Waals surface area contributed by atoms with Crippen molar-refractivity contribution >= 4 is 22.1 Å². The molecule has 0 N–H and O–H groups in total. The van der Waals surface area contributed by atoms with Gasteiger partial charge in [0.1, 0.15) is 5.58 Å². The van der Waals surface area contributed by atoms with Crippen LogP contribution in [0.25, 0.3) is 89.4 Å². The average Bonchev–Trinajstić information content (AvgIpc) is 3.77. The first-order valence-electron chi connectivity index (χ1n) is 22.0. The second-order valence-electron chi connectivity index (χ2n) is 16.3. The molecule has 6 aromatic carbocycles. The Morgan fingerprint density at radius 1 is 0.394 bits per heavy atom. The van der Waals surface area contributed by atoms with Crippen molar-refractivity contribution in [3.8, 4) is 67.3 Å². The summed E-state index contributed by atoms with van der Waals surface area (Å²) in [6.45, 7) is 0. The number of pyridine rings is 4. The van der Waals surface area contributed by atoms with Crippen LogP contribution in [-0.4, -0.2) is 19.9 Å². The van der Waals surface area contributed by atoms with E-state index in [2.05, 4.69) is 143 Å². The van der Waals surface area contributed by atoms with E-state index in [-0.39, 0.29) is 20.1 Å². The topological polar surface area (TPSA) is 64.7 Å². The minimum Gasteiger partial charge on any atom is -0.445 e. The quantitative estimate of drug-likeness (QED) is 0.114. The summed E-state index contributed by atoms with van der Waals surface area (Å²) >= 11 is 0. The number of hydrogen-bond acceptors (Lipinski definition) is 5. The zero-order chi connectivity index (χ0) is 43.4. The first-order chi connectivity index (χ1) is 32.2. The maximum absolute atomic E-state index is 6.46. The number of fused-ring (bicyclic) bond motifs is 3. The predicted octanol–water partition coefficient (Wildman–Crippen LogP) is 14.1. The number of benzene rings is 6. The second kappa shape index (κ2) is 19.2. The Labute approximate surface area is 398 Å². The molecule has 66 heavy (non-hydrogen) atoms. The van der Waals surface area contributed by atoms with E-state index in [0.29, 0.717) is 11.3 Å². The molecule has 316 valence electrons. The predicted molar refractivity (Wildman–Crippen MR) is 262 cm³/mol. The van der Waals surface area contributed by atoms with Gasteiger partial charge in [0, 0.05) is 40.6 Å². The normalized spacial score (nSPS) is 11.2. The van der Waals surface area contributed by atoms with Crippen molar-refractivity contribution in [3.05, 3.63) is 241 Å². The molecule has 0 bridgehead atoms. The third kappa shape index (κ3) is 9.03. The molecule has 0 fully saturated rings. The maximum Gasteiger partial charge on any atom is 3.00 e. The molecule has 5 nitrogen and oxygen atoms in total. The molecule has 0 spiro atoms. The zero-order valence-electron chi connectivity index (χ0n) is 35.9. The third-order valence-corrected chi connectivity index (χ3v) is 12.0. The molecule has 5 heterocycles. The Hall–Kier alpha value is -7.63. The summed E-state index contributed by atoms with van der Waals surface area (Å²) in [5.41, 5.74) is 18.4. The molecule has 0 saturated heterocycles. The van der Waals surface area contributed by atoms with E-state index < -0.39 is 0 Å². The Balaban J connectivity index is 0.00000511. The fraction of sp³-hybridized carbons (Fsp3) is 0.0667. The number of aryl methyl sites for hydroxylation is 4. The van der Waals surface area contributed by atoms with Crippen LogP contribution in [0, 0.1) is 18.2 Å².